The third kappa shape index (κ3) is 3.09. The van der Waals surface area contributed by atoms with Crippen LogP contribution in [0, 0.1) is 0 Å². The van der Waals surface area contributed by atoms with Gasteiger partial charge in [0.1, 0.15) is 0 Å². The zero-order valence-electron chi connectivity index (χ0n) is 11.8. The number of nitrogens with one attached hydrogen (secondary N) is 1. The Balaban J connectivity index is 0.000000174. The van der Waals surface area contributed by atoms with Crippen LogP contribution in [-0.4, -0.2) is 19.5 Å². The Morgan fingerprint density at radius 2 is 1.82 bits per heavy atom. The van der Waals surface area contributed by atoms with Crippen LogP contribution in [0.4, 0.5) is 0 Å². The maximum atomic E-state index is 10.2. The molecule has 1 N–H and O–H groups in total. The van der Waals surface area contributed by atoms with E-state index in [4.69, 9.17) is 0 Å². The molecule has 4 aromatic rings. The SMILES string of the molecule is O=c1cccc[nH]1.c1ccc2c(c1)ccn2-c1cnccn1. The van der Waals surface area contributed by atoms with Gasteiger partial charge in [-0.2, -0.15) is 0 Å². The summed E-state index contributed by atoms with van der Waals surface area (Å²) in [5.41, 5.74) is 1.10. The number of pyridine rings is 1. The first kappa shape index (κ1) is 13.8. The molecular formula is C17H14N4O. The van der Waals surface area contributed by atoms with Crippen molar-refractivity contribution in [1.82, 2.24) is 19.5 Å². The lowest BCUT2D eigenvalue weighted by Crippen LogP contribution is -1.98. The Morgan fingerprint density at radius 1 is 0.955 bits per heavy atom. The van der Waals surface area contributed by atoms with Crippen molar-refractivity contribution in [2.75, 3.05) is 0 Å². The summed E-state index contributed by atoms with van der Waals surface area (Å²) in [4.78, 5) is 21.0. The molecule has 0 saturated heterocycles. The zero-order valence-corrected chi connectivity index (χ0v) is 11.8. The van der Waals surface area contributed by atoms with Crippen LogP contribution in [0.3, 0.4) is 0 Å². The molecule has 0 atom stereocenters. The van der Waals surface area contributed by atoms with Crippen LogP contribution < -0.4 is 5.56 Å². The predicted molar refractivity (Wildman–Crippen MR) is 85.9 cm³/mol. The summed E-state index contributed by atoms with van der Waals surface area (Å²) in [6.45, 7) is 0. The van der Waals surface area contributed by atoms with Crippen molar-refractivity contribution in [3.63, 3.8) is 0 Å². The van der Waals surface area contributed by atoms with Gasteiger partial charge in [0, 0.05) is 30.9 Å². The molecule has 5 nitrogen and oxygen atoms in total. The van der Waals surface area contributed by atoms with E-state index in [0.717, 1.165) is 11.3 Å². The summed E-state index contributed by atoms with van der Waals surface area (Å²) in [5, 5.41) is 1.21. The van der Waals surface area contributed by atoms with Gasteiger partial charge >= 0.3 is 0 Å². The lowest BCUT2D eigenvalue weighted by Gasteiger charge is -2.02. The zero-order chi connectivity index (χ0) is 15.2. The van der Waals surface area contributed by atoms with Gasteiger partial charge in [-0.05, 0) is 23.6 Å². The molecule has 0 unspecified atom stereocenters. The number of hydrogen-bond acceptors (Lipinski definition) is 3. The average Bonchev–Trinajstić information content (AvgIpc) is 3.01. The molecule has 4 rings (SSSR count). The third-order valence-corrected chi connectivity index (χ3v) is 3.08. The normalized spacial score (nSPS) is 10.0. The largest absolute Gasteiger partial charge is 0.329 e. The van der Waals surface area contributed by atoms with E-state index in [-0.39, 0.29) is 5.56 Å². The molecule has 1 aromatic carbocycles. The summed E-state index contributed by atoms with van der Waals surface area (Å²) in [5.74, 6) is 0.846. The standard InChI is InChI=1S/C12H9N3.C5H5NO/c1-2-4-11-10(3-1)5-8-15(11)12-9-13-6-7-14-12;7-5-3-1-2-4-6-5/h1-9H;1-4H,(H,6,7). The van der Waals surface area contributed by atoms with Crippen LogP contribution in [0.5, 0.6) is 0 Å². The molecule has 3 heterocycles. The van der Waals surface area contributed by atoms with Crippen molar-refractivity contribution >= 4 is 10.9 Å². The van der Waals surface area contributed by atoms with Gasteiger partial charge in [-0.3, -0.25) is 14.3 Å². The highest BCUT2D eigenvalue weighted by atomic mass is 16.1. The van der Waals surface area contributed by atoms with E-state index in [9.17, 15) is 4.79 Å². The van der Waals surface area contributed by atoms with E-state index < -0.39 is 0 Å². The number of H-pyrrole nitrogens is 1. The highest BCUT2D eigenvalue weighted by molar-refractivity contribution is 5.81. The number of para-hydroxylation sites is 1. The van der Waals surface area contributed by atoms with Crippen LogP contribution >= 0.6 is 0 Å². The number of nitrogens with zero attached hydrogens (tertiary/aromatic N) is 3. The van der Waals surface area contributed by atoms with E-state index >= 15 is 0 Å². The molecule has 0 aliphatic carbocycles. The Labute approximate surface area is 126 Å². The van der Waals surface area contributed by atoms with Crippen LogP contribution in [0.25, 0.3) is 16.7 Å². The van der Waals surface area contributed by atoms with Crippen molar-refractivity contribution in [3.8, 4) is 5.82 Å². The van der Waals surface area contributed by atoms with Gasteiger partial charge in [-0.15, -0.1) is 0 Å². The molecule has 5 heteroatoms. The Hall–Kier alpha value is -3.21. The highest BCUT2D eigenvalue weighted by Gasteiger charge is 2.02. The Bertz CT molecular complexity index is 895. The summed E-state index contributed by atoms with van der Waals surface area (Å²) in [6, 6.07) is 15.2. The van der Waals surface area contributed by atoms with Crippen molar-refractivity contribution < 1.29 is 0 Å². The van der Waals surface area contributed by atoms with Gasteiger partial charge in [-0.1, -0.05) is 24.3 Å². The fourth-order valence-electron chi connectivity index (χ4n) is 2.08. The molecule has 0 bridgehead atoms. The number of aromatic amines is 1. The molecule has 0 fully saturated rings. The first-order chi connectivity index (χ1) is 10.8. The van der Waals surface area contributed by atoms with E-state index in [2.05, 4.69) is 33.2 Å². The fraction of sp³-hybridized carbons (Fsp3) is 0. The van der Waals surface area contributed by atoms with Gasteiger partial charge < -0.3 is 4.98 Å². The van der Waals surface area contributed by atoms with Crippen LogP contribution in [0.15, 0.2) is 84.3 Å². The molecule has 0 aliphatic rings. The third-order valence-electron chi connectivity index (χ3n) is 3.08. The lowest BCUT2D eigenvalue weighted by atomic mass is 10.2. The molecule has 108 valence electrons. The number of benzene rings is 1. The average molecular weight is 290 g/mol. The van der Waals surface area contributed by atoms with E-state index in [1.54, 1.807) is 36.9 Å². The maximum absolute atomic E-state index is 10.2. The summed E-state index contributed by atoms with van der Waals surface area (Å²) in [7, 11) is 0. The van der Waals surface area contributed by atoms with E-state index in [1.165, 1.54) is 11.5 Å². The maximum Gasteiger partial charge on any atom is 0.247 e. The van der Waals surface area contributed by atoms with E-state index in [1.807, 2.05) is 22.9 Å². The molecule has 0 amide bonds. The molecule has 3 aromatic heterocycles. The monoisotopic (exact) mass is 290 g/mol. The number of fused-ring (bicyclic) bond motifs is 1. The van der Waals surface area contributed by atoms with Crippen LogP contribution in [-0.2, 0) is 0 Å². The van der Waals surface area contributed by atoms with Crippen molar-refractivity contribution in [2.24, 2.45) is 0 Å². The van der Waals surface area contributed by atoms with Gasteiger partial charge in [0.05, 0.1) is 11.7 Å². The lowest BCUT2D eigenvalue weighted by molar-refractivity contribution is 1.01. The predicted octanol–water partition coefficient (Wildman–Crippen LogP) is 2.80. The minimum absolute atomic E-state index is 0.0532. The van der Waals surface area contributed by atoms with E-state index in [0.29, 0.717) is 0 Å². The first-order valence-corrected chi connectivity index (χ1v) is 6.81. The Morgan fingerprint density at radius 3 is 2.50 bits per heavy atom. The highest BCUT2D eigenvalue weighted by Crippen LogP contribution is 2.17. The van der Waals surface area contributed by atoms with Gasteiger partial charge in [0.15, 0.2) is 5.82 Å². The molecular weight excluding hydrogens is 276 g/mol. The summed E-state index contributed by atoms with van der Waals surface area (Å²) in [6.07, 6.45) is 8.74. The number of hydrogen-bond donors (Lipinski definition) is 1. The molecule has 0 aliphatic heterocycles. The second kappa shape index (κ2) is 6.49. The topological polar surface area (TPSA) is 63.6 Å². The molecule has 0 saturated carbocycles. The fourth-order valence-corrected chi connectivity index (χ4v) is 2.08. The number of rotatable bonds is 1. The van der Waals surface area contributed by atoms with Crippen molar-refractivity contribution in [3.05, 3.63) is 89.9 Å². The second-order valence-corrected chi connectivity index (χ2v) is 4.53. The second-order valence-electron chi connectivity index (χ2n) is 4.53. The Kier molecular flexibility index (Phi) is 4.06. The van der Waals surface area contributed by atoms with Crippen molar-refractivity contribution in [2.45, 2.75) is 0 Å². The van der Waals surface area contributed by atoms with Crippen molar-refractivity contribution in [1.29, 1.82) is 0 Å². The summed E-state index contributed by atoms with van der Waals surface area (Å²) < 4.78 is 2.03. The minimum atomic E-state index is -0.0532. The van der Waals surface area contributed by atoms with Gasteiger partial charge in [0.25, 0.3) is 0 Å². The smallest absolute Gasteiger partial charge is 0.247 e. The quantitative estimate of drug-likeness (QED) is 0.586. The van der Waals surface area contributed by atoms with Crippen LogP contribution in [0.2, 0.25) is 0 Å². The minimum Gasteiger partial charge on any atom is -0.329 e. The number of aromatic nitrogens is 4. The van der Waals surface area contributed by atoms with Crippen LogP contribution in [0.1, 0.15) is 0 Å². The van der Waals surface area contributed by atoms with Gasteiger partial charge in [0.2, 0.25) is 5.56 Å². The summed E-state index contributed by atoms with van der Waals surface area (Å²) >= 11 is 0. The first-order valence-electron chi connectivity index (χ1n) is 6.81. The van der Waals surface area contributed by atoms with Gasteiger partial charge in [-0.25, -0.2) is 4.98 Å². The molecule has 0 spiro atoms. The molecule has 22 heavy (non-hydrogen) atoms. The molecule has 0 radical (unpaired) electrons.